The number of aliphatic hydroxyl groups is 1. The number of carboxylic acids is 1. The van der Waals surface area contributed by atoms with Gasteiger partial charge in [0.05, 0.1) is 12.6 Å². The van der Waals surface area contributed by atoms with E-state index in [9.17, 15) is 14.7 Å². The lowest BCUT2D eigenvalue weighted by atomic mass is 10.1. The van der Waals surface area contributed by atoms with Crippen LogP contribution in [0.2, 0.25) is 0 Å². The number of likely N-dealkylation sites (tertiary alicyclic amines) is 1. The fourth-order valence-electron chi connectivity index (χ4n) is 2.62. The molecule has 0 aliphatic carbocycles. The fourth-order valence-corrected chi connectivity index (χ4v) is 2.62. The number of hydrogen-bond donors (Lipinski definition) is 2. The van der Waals surface area contributed by atoms with Crippen molar-refractivity contribution >= 4 is 12.0 Å². The van der Waals surface area contributed by atoms with Crippen LogP contribution in [-0.2, 0) is 4.79 Å². The van der Waals surface area contributed by atoms with Gasteiger partial charge in [-0.25, -0.2) is 4.79 Å². The third kappa shape index (κ3) is 3.81. The van der Waals surface area contributed by atoms with Gasteiger partial charge in [0, 0.05) is 39.3 Å². The Morgan fingerprint density at radius 1 is 1.05 bits per heavy atom. The van der Waals surface area contributed by atoms with Crippen molar-refractivity contribution in [1.82, 2.24) is 14.7 Å². The molecule has 2 rings (SSSR count). The summed E-state index contributed by atoms with van der Waals surface area (Å²) in [5.41, 5.74) is 0. The number of carbonyl (C=O) groups is 2. The van der Waals surface area contributed by atoms with Gasteiger partial charge in [-0.15, -0.1) is 0 Å². The third-order valence-electron chi connectivity index (χ3n) is 3.67. The molecule has 0 radical (unpaired) electrons. The number of aliphatic hydroxyl groups excluding tert-OH is 1. The van der Waals surface area contributed by atoms with Crippen LogP contribution in [0.3, 0.4) is 0 Å². The molecule has 2 aliphatic heterocycles. The molecule has 108 valence electrons. The van der Waals surface area contributed by atoms with Gasteiger partial charge < -0.3 is 20.0 Å². The van der Waals surface area contributed by atoms with Crippen LogP contribution in [0.15, 0.2) is 0 Å². The van der Waals surface area contributed by atoms with Gasteiger partial charge in [-0.2, -0.15) is 0 Å². The maximum atomic E-state index is 12.2. The maximum Gasteiger partial charge on any atom is 0.320 e. The number of hydrogen-bond acceptors (Lipinski definition) is 4. The van der Waals surface area contributed by atoms with E-state index in [1.165, 1.54) is 0 Å². The second-order valence-electron chi connectivity index (χ2n) is 5.18. The zero-order valence-corrected chi connectivity index (χ0v) is 11.0. The monoisotopic (exact) mass is 271 g/mol. The minimum absolute atomic E-state index is 0.0322. The van der Waals surface area contributed by atoms with E-state index in [1.807, 2.05) is 4.90 Å². The lowest BCUT2D eigenvalue weighted by Gasteiger charge is -2.39. The number of aliphatic carboxylic acids is 1. The molecule has 7 nitrogen and oxygen atoms in total. The summed E-state index contributed by atoms with van der Waals surface area (Å²) in [4.78, 5) is 28.1. The number of β-amino-alcohol motifs (C(OH)–C–C–N with tert-alkyl or cyclic N) is 1. The van der Waals surface area contributed by atoms with Crippen LogP contribution >= 0.6 is 0 Å². The van der Waals surface area contributed by atoms with E-state index in [-0.39, 0.29) is 12.6 Å². The van der Waals surface area contributed by atoms with Crippen LogP contribution in [0.5, 0.6) is 0 Å². The number of piperazine rings is 1. The zero-order valence-electron chi connectivity index (χ0n) is 11.0. The van der Waals surface area contributed by atoms with Gasteiger partial charge >= 0.3 is 12.0 Å². The summed E-state index contributed by atoms with van der Waals surface area (Å²) in [5.74, 6) is -0.834. The molecule has 19 heavy (non-hydrogen) atoms. The van der Waals surface area contributed by atoms with E-state index in [4.69, 9.17) is 5.11 Å². The Kier molecular flexibility index (Phi) is 4.60. The topological polar surface area (TPSA) is 84.3 Å². The molecule has 2 fully saturated rings. The van der Waals surface area contributed by atoms with Gasteiger partial charge in [0.2, 0.25) is 0 Å². The smallest absolute Gasteiger partial charge is 0.320 e. The van der Waals surface area contributed by atoms with Crippen LogP contribution in [0.1, 0.15) is 12.8 Å². The number of rotatable bonds is 2. The predicted molar refractivity (Wildman–Crippen MR) is 67.9 cm³/mol. The highest BCUT2D eigenvalue weighted by Gasteiger charge is 2.28. The van der Waals surface area contributed by atoms with Crippen molar-refractivity contribution in [3.63, 3.8) is 0 Å². The molecule has 0 aromatic carbocycles. The van der Waals surface area contributed by atoms with Crippen molar-refractivity contribution in [1.29, 1.82) is 0 Å². The Morgan fingerprint density at radius 2 is 1.74 bits per heavy atom. The lowest BCUT2D eigenvalue weighted by Crippen LogP contribution is -2.55. The summed E-state index contributed by atoms with van der Waals surface area (Å²) in [6, 6.07) is -0.0336. The Balaban J connectivity index is 1.80. The quantitative estimate of drug-likeness (QED) is 0.691. The standard InChI is InChI=1S/C12H21N3O4/c16-10-2-1-3-15(8-10)12(19)14-6-4-13(5-7-14)9-11(17)18/h10,16H,1-9H2,(H,17,18). The molecular weight excluding hydrogens is 250 g/mol. The van der Waals surface area contributed by atoms with Gasteiger partial charge in [0.25, 0.3) is 0 Å². The molecule has 2 aliphatic rings. The average Bonchev–Trinajstić information content (AvgIpc) is 2.38. The molecule has 0 saturated carbocycles. The highest BCUT2D eigenvalue weighted by atomic mass is 16.4. The molecule has 2 amide bonds. The Hall–Kier alpha value is -1.34. The predicted octanol–water partition coefficient (Wildman–Crippen LogP) is -0.735. The van der Waals surface area contributed by atoms with Crippen LogP contribution in [0.4, 0.5) is 4.79 Å². The molecule has 1 atom stereocenters. The molecule has 2 heterocycles. The van der Waals surface area contributed by atoms with Gasteiger partial charge in [0.15, 0.2) is 0 Å². The van der Waals surface area contributed by atoms with Crippen molar-refractivity contribution in [2.45, 2.75) is 18.9 Å². The van der Waals surface area contributed by atoms with Gasteiger partial charge in [0.1, 0.15) is 0 Å². The largest absolute Gasteiger partial charge is 0.480 e. The van der Waals surface area contributed by atoms with Crippen molar-refractivity contribution in [3.05, 3.63) is 0 Å². The molecule has 0 spiro atoms. The van der Waals surface area contributed by atoms with Crippen molar-refractivity contribution < 1.29 is 19.8 Å². The van der Waals surface area contributed by atoms with Gasteiger partial charge in [-0.05, 0) is 12.8 Å². The number of carbonyl (C=O) groups excluding carboxylic acids is 1. The van der Waals surface area contributed by atoms with E-state index >= 15 is 0 Å². The van der Waals surface area contributed by atoms with Crippen molar-refractivity contribution in [2.75, 3.05) is 45.8 Å². The molecule has 0 bridgehead atoms. The second-order valence-corrected chi connectivity index (χ2v) is 5.18. The number of piperidine rings is 1. The third-order valence-corrected chi connectivity index (χ3v) is 3.67. The maximum absolute atomic E-state index is 12.2. The summed E-state index contributed by atoms with van der Waals surface area (Å²) in [7, 11) is 0. The first-order valence-electron chi connectivity index (χ1n) is 6.72. The van der Waals surface area contributed by atoms with Crippen molar-refractivity contribution in [3.8, 4) is 0 Å². The average molecular weight is 271 g/mol. The van der Waals surface area contributed by atoms with Crippen LogP contribution in [0, 0.1) is 0 Å². The molecule has 0 aromatic heterocycles. The zero-order chi connectivity index (χ0) is 13.8. The number of nitrogens with zero attached hydrogens (tertiary/aromatic N) is 3. The summed E-state index contributed by atoms with van der Waals surface area (Å²) < 4.78 is 0. The second kappa shape index (κ2) is 6.21. The molecule has 7 heteroatoms. The summed E-state index contributed by atoms with van der Waals surface area (Å²) >= 11 is 0. The lowest BCUT2D eigenvalue weighted by molar-refractivity contribution is -0.138. The van der Waals surface area contributed by atoms with E-state index in [2.05, 4.69) is 0 Å². The normalized spacial score (nSPS) is 25.4. The van der Waals surface area contributed by atoms with Gasteiger partial charge in [-0.3, -0.25) is 9.69 Å². The van der Waals surface area contributed by atoms with E-state index in [0.29, 0.717) is 39.3 Å². The first-order valence-corrected chi connectivity index (χ1v) is 6.72. The van der Waals surface area contributed by atoms with E-state index in [0.717, 1.165) is 12.8 Å². The molecule has 1 unspecified atom stereocenters. The SMILES string of the molecule is O=C(O)CN1CCN(C(=O)N2CCCC(O)C2)CC1. The summed E-state index contributed by atoms with van der Waals surface area (Å²) in [6.07, 6.45) is 1.19. The van der Waals surface area contributed by atoms with Crippen LogP contribution in [0.25, 0.3) is 0 Å². The number of urea groups is 1. The Morgan fingerprint density at radius 3 is 2.32 bits per heavy atom. The Bertz CT molecular complexity index is 342. The first kappa shape index (κ1) is 14.1. The van der Waals surface area contributed by atoms with E-state index in [1.54, 1.807) is 9.80 Å². The highest BCUT2D eigenvalue weighted by molar-refractivity contribution is 5.75. The van der Waals surface area contributed by atoms with Crippen molar-refractivity contribution in [2.24, 2.45) is 0 Å². The number of amides is 2. The minimum Gasteiger partial charge on any atom is -0.480 e. The fraction of sp³-hybridized carbons (Fsp3) is 0.833. The molecule has 2 N–H and O–H groups in total. The van der Waals surface area contributed by atoms with E-state index < -0.39 is 12.1 Å². The first-order chi connectivity index (χ1) is 9.06. The molecule has 0 aromatic rings. The Labute approximate surface area is 112 Å². The van der Waals surface area contributed by atoms with Gasteiger partial charge in [-0.1, -0.05) is 0 Å². The van der Waals surface area contributed by atoms with Crippen LogP contribution in [-0.4, -0.2) is 88.8 Å². The molecular formula is C12H21N3O4. The van der Waals surface area contributed by atoms with Crippen LogP contribution < -0.4 is 0 Å². The summed E-state index contributed by atoms with van der Waals surface area (Å²) in [5, 5.41) is 18.3. The number of carboxylic acid groups (broad SMARTS) is 1. The minimum atomic E-state index is -0.834. The molecule has 2 saturated heterocycles. The highest BCUT2D eigenvalue weighted by Crippen LogP contribution is 2.13. The summed E-state index contributed by atoms with van der Waals surface area (Å²) in [6.45, 7) is 3.43.